The molecule has 2 atom stereocenters. The normalized spacial score (nSPS) is 22.3. The van der Waals surface area contributed by atoms with Crippen LogP contribution in [0.25, 0.3) is 0 Å². The molecule has 1 aromatic rings. The molecule has 2 rings (SSSR count). The summed E-state index contributed by atoms with van der Waals surface area (Å²) in [6.07, 6.45) is 0. The highest BCUT2D eigenvalue weighted by Gasteiger charge is 2.16. The Bertz CT molecular complexity index is 348. The van der Waals surface area contributed by atoms with Crippen molar-refractivity contribution in [1.29, 1.82) is 0 Å². The molecular formula is C12H16N2S. The number of amidine groups is 1. The summed E-state index contributed by atoms with van der Waals surface area (Å²) in [5.41, 5.74) is 1.31. The molecule has 0 aliphatic carbocycles. The number of hydrogen-bond donors (Lipinski definition) is 1. The molecule has 1 N–H and O–H groups in total. The zero-order chi connectivity index (χ0) is 10.7. The predicted octanol–water partition coefficient (Wildman–Crippen LogP) is 2.83. The highest BCUT2D eigenvalue weighted by molar-refractivity contribution is 8.14. The molecule has 3 heteroatoms. The quantitative estimate of drug-likeness (QED) is 0.829. The third-order valence-electron chi connectivity index (χ3n) is 2.44. The Kier molecular flexibility index (Phi) is 3.31. The summed E-state index contributed by atoms with van der Waals surface area (Å²) in [7, 11) is 0. The summed E-state index contributed by atoms with van der Waals surface area (Å²) >= 11 is 1.83. The van der Waals surface area contributed by atoms with Crippen LogP contribution in [0.5, 0.6) is 0 Å². The van der Waals surface area contributed by atoms with Gasteiger partial charge in [-0.1, -0.05) is 49.0 Å². The SMILES string of the molecule is C[C@@H]1CN=C(N[C@@H](C)c2ccccc2)S1. The lowest BCUT2D eigenvalue weighted by Gasteiger charge is -2.14. The van der Waals surface area contributed by atoms with Crippen LogP contribution >= 0.6 is 11.8 Å². The topological polar surface area (TPSA) is 24.4 Å². The first-order valence-electron chi connectivity index (χ1n) is 5.28. The second-order valence-electron chi connectivity index (χ2n) is 3.85. The highest BCUT2D eigenvalue weighted by atomic mass is 32.2. The monoisotopic (exact) mass is 220 g/mol. The third kappa shape index (κ3) is 2.75. The van der Waals surface area contributed by atoms with Gasteiger partial charge in [0.25, 0.3) is 0 Å². The zero-order valence-corrected chi connectivity index (χ0v) is 9.92. The van der Waals surface area contributed by atoms with Crippen LogP contribution < -0.4 is 5.32 Å². The Morgan fingerprint density at radius 3 is 2.73 bits per heavy atom. The van der Waals surface area contributed by atoms with Gasteiger partial charge in [-0.2, -0.15) is 0 Å². The smallest absolute Gasteiger partial charge is 0.157 e. The maximum Gasteiger partial charge on any atom is 0.157 e. The number of thioether (sulfide) groups is 1. The number of rotatable bonds is 2. The fourth-order valence-electron chi connectivity index (χ4n) is 1.57. The van der Waals surface area contributed by atoms with Gasteiger partial charge in [0.15, 0.2) is 5.17 Å². The largest absolute Gasteiger partial charge is 0.358 e. The molecule has 0 aromatic heterocycles. The van der Waals surface area contributed by atoms with Crippen molar-refractivity contribution in [3.05, 3.63) is 35.9 Å². The minimum absolute atomic E-state index is 0.336. The number of aliphatic imine (C=N–C) groups is 1. The average molecular weight is 220 g/mol. The van der Waals surface area contributed by atoms with Gasteiger partial charge in [-0.15, -0.1) is 0 Å². The molecule has 0 spiro atoms. The van der Waals surface area contributed by atoms with Crippen LogP contribution in [0.3, 0.4) is 0 Å². The lowest BCUT2D eigenvalue weighted by atomic mass is 10.1. The summed E-state index contributed by atoms with van der Waals surface area (Å²) in [6.45, 7) is 5.31. The molecule has 1 aliphatic rings. The van der Waals surface area contributed by atoms with Gasteiger partial charge in [0.1, 0.15) is 0 Å². The third-order valence-corrected chi connectivity index (χ3v) is 3.47. The van der Waals surface area contributed by atoms with Gasteiger partial charge < -0.3 is 5.32 Å². The molecule has 15 heavy (non-hydrogen) atoms. The van der Waals surface area contributed by atoms with Gasteiger partial charge in [0, 0.05) is 5.25 Å². The number of benzene rings is 1. The van der Waals surface area contributed by atoms with E-state index in [0.717, 1.165) is 11.7 Å². The lowest BCUT2D eigenvalue weighted by Crippen LogP contribution is -2.23. The molecule has 0 fully saturated rings. The van der Waals surface area contributed by atoms with E-state index in [1.54, 1.807) is 0 Å². The second-order valence-corrected chi connectivity index (χ2v) is 5.28. The van der Waals surface area contributed by atoms with Crippen molar-refractivity contribution in [2.75, 3.05) is 6.54 Å². The van der Waals surface area contributed by atoms with Gasteiger partial charge >= 0.3 is 0 Å². The Labute approximate surface area is 95.2 Å². The molecule has 2 nitrogen and oxygen atoms in total. The molecule has 1 aromatic carbocycles. The van der Waals surface area contributed by atoms with E-state index < -0.39 is 0 Å². The highest BCUT2D eigenvalue weighted by Crippen LogP contribution is 2.21. The van der Waals surface area contributed by atoms with Crippen molar-refractivity contribution in [1.82, 2.24) is 5.32 Å². The summed E-state index contributed by atoms with van der Waals surface area (Å²) in [4.78, 5) is 4.45. The Morgan fingerprint density at radius 1 is 1.40 bits per heavy atom. The maximum absolute atomic E-state index is 4.45. The molecule has 1 aliphatic heterocycles. The molecule has 0 radical (unpaired) electrons. The van der Waals surface area contributed by atoms with Gasteiger partial charge in [0.05, 0.1) is 12.6 Å². The van der Waals surface area contributed by atoms with Crippen molar-refractivity contribution in [2.45, 2.75) is 25.1 Å². The number of hydrogen-bond acceptors (Lipinski definition) is 3. The summed E-state index contributed by atoms with van der Waals surface area (Å²) in [5.74, 6) is 0. The molecule has 1 heterocycles. The van der Waals surface area contributed by atoms with Crippen molar-refractivity contribution >= 4 is 16.9 Å². The van der Waals surface area contributed by atoms with Crippen LogP contribution in [0.15, 0.2) is 35.3 Å². The van der Waals surface area contributed by atoms with E-state index in [9.17, 15) is 0 Å². The van der Waals surface area contributed by atoms with Crippen molar-refractivity contribution < 1.29 is 0 Å². The van der Waals surface area contributed by atoms with Crippen molar-refractivity contribution in [3.63, 3.8) is 0 Å². The van der Waals surface area contributed by atoms with E-state index in [0.29, 0.717) is 11.3 Å². The van der Waals surface area contributed by atoms with E-state index in [-0.39, 0.29) is 0 Å². The van der Waals surface area contributed by atoms with Gasteiger partial charge in [-0.25, -0.2) is 0 Å². The fraction of sp³-hybridized carbons (Fsp3) is 0.417. The molecule has 0 amide bonds. The molecular weight excluding hydrogens is 204 g/mol. The van der Waals surface area contributed by atoms with E-state index in [1.807, 2.05) is 17.8 Å². The van der Waals surface area contributed by atoms with Crippen LogP contribution in [0.4, 0.5) is 0 Å². The van der Waals surface area contributed by atoms with E-state index in [2.05, 4.69) is 48.4 Å². The number of nitrogens with zero attached hydrogens (tertiary/aromatic N) is 1. The minimum atomic E-state index is 0.336. The van der Waals surface area contributed by atoms with Crippen molar-refractivity contribution in [3.8, 4) is 0 Å². The van der Waals surface area contributed by atoms with Gasteiger partial charge in [-0.3, -0.25) is 4.99 Å². The molecule has 0 unspecified atom stereocenters. The fourth-order valence-corrected chi connectivity index (χ4v) is 2.49. The van der Waals surface area contributed by atoms with Crippen LogP contribution in [0.1, 0.15) is 25.5 Å². The molecule has 0 saturated heterocycles. The Hall–Kier alpha value is -0.960. The first kappa shape index (κ1) is 10.6. The van der Waals surface area contributed by atoms with E-state index >= 15 is 0 Å². The molecule has 0 bridgehead atoms. The summed E-state index contributed by atoms with van der Waals surface area (Å²) in [6, 6.07) is 10.8. The Balaban J connectivity index is 1.96. The molecule has 0 saturated carbocycles. The van der Waals surface area contributed by atoms with Crippen LogP contribution in [-0.2, 0) is 0 Å². The van der Waals surface area contributed by atoms with Crippen molar-refractivity contribution in [2.24, 2.45) is 4.99 Å². The zero-order valence-electron chi connectivity index (χ0n) is 9.10. The predicted molar refractivity (Wildman–Crippen MR) is 67.3 cm³/mol. The van der Waals surface area contributed by atoms with Crippen LogP contribution in [0.2, 0.25) is 0 Å². The van der Waals surface area contributed by atoms with Gasteiger partial charge in [-0.05, 0) is 12.5 Å². The number of nitrogens with one attached hydrogen (secondary N) is 1. The van der Waals surface area contributed by atoms with E-state index in [1.165, 1.54) is 5.56 Å². The lowest BCUT2D eigenvalue weighted by molar-refractivity contribution is 0.723. The van der Waals surface area contributed by atoms with Crippen LogP contribution in [-0.4, -0.2) is 17.0 Å². The summed E-state index contributed by atoms with van der Waals surface area (Å²) in [5, 5.41) is 5.14. The van der Waals surface area contributed by atoms with E-state index in [4.69, 9.17) is 0 Å². The molecule has 80 valence electrons. The first-order chi connectivity index (χ1) is 7.25. The first-order valence-corrected chi connectivity index (χ1v) is 6.16. The maximum atomic E-state index is 4.45. The minimum Gasteiger partial charge on any atom is -0.358 e. The Morgan fingerprint density at radius 2 is 2.13 bits per heavy atom. The second kappa shape index (κ2) is 4.71. The summed E-state index contributed by atoms with van der Waals surface area (Å²) < 4.78 is 0. The average Bonchev–Trinajstić information content (AvgIpc) is 2.65. The standard InChI is InChI=1S/C12H16N2S/c1-9-8-13-12(15-9)14-10(2)11-6-4-3-5-7-11/h3-7,9-10H,8H2,1-2H3,(H,13,14)/t9-,10+/m1/s1. The van der Waals surface area contributed by atoms with Crippen LogP contribution in [0, 0.1) is 0 Å². The van der Waals surface area contributed by atoms with Gasteiger partial charge in [0.2, 0.25) is 0 Å².